The standard InChI is InChI=1S/C26H35N3O7S/c1-6-22(26(31)27-18(3)4)28(15-19-9-8-10-21(13-19)34-5)25(30)16-29(37(32,33)7-2)20-11-12-23-24(14-20)36-17-35-23/h8-14,18,22H,6-7,15-17H2,1-5H3,(H,27,31)/t22-/m0/s1. The van der Waals surface area contributed by atoms with Gasteiger partial charge in [-0.2, -0.15) is 0 Å². The molecule has 202 valence electrons. The van der Waals surface area contributed by atoms with E-state index in [0.717, 1.165) is 9.87 Å². The third-order valence-electron chi connectivity index (χ3n) is 5.93. The summed E-state index contributed by atoms with van der Waals surface area (Å²) in [7, 11) is -2.30. The number of ether oxygens (including phenoxy) is 3. The topological polar surface area (TPSA) is 114 Å². The van der Waals surface area contributed by atoms with Gasteiger partial charge in [-0.05, 0) is 57.0 Å². The molecule has 1 atom stereocenters. The maximum absolute atomic E-state index is 13.8. The van der Waals surface area contributed by atoms with E-state index in [1.165, 1.54) is 17.9 Å². The summed E-state index contributed by atoms with van der Waals surface area (Å²) in [6.45, 7) is 6.66. The minimum Gasteiger partial charge on any atom is -0.497 e. The highest BCUT2D eigenvalue weighted by Crippen LogP contribution is 2.36. The summed E-state index contributed by atoms with van der Waals surface area (Å²) >= 11 is 0. The Morgan fingerprint density at radius 2 is 1.81 bits per heavy atom. The zero-order chi connectivity index (χ0) is 27.2. The quantitative estimate of drug-likeness (QED) is 0.446. The normalized spacial score (nSPS) is 13.2. The lowest BCUT2D eigenvalue weighted by Crippen LogP contribution is -2.53. The molecular weight excluding hydrogens is 498 g/mol. The van der Waals surface area contributed by atoms with E-state index < -0.39 is 28.5 Å². The zero-order valence-corrected chi connectivity index (χ0v) is 22.7. The molecule has 11 heteroatoms. The van der Waals surface area contributed by atoms with Gasteiger partial charge in [-0.25, -0.2) is 8.42 Å². The number of sulfonamides is 1. The van der Waals surface area contributed by atoms with E-state index in [4.69, 9.17) is 14.2 Å². The molecule has 0 unspecified atom stereocenters. The van der Waals surface area contributed by atoms with Gasteiger partial charge in [0.1, 0.15) is 18.3 Å². The van der Waals surface area contributed by atoms with Gasteiger partial charge in [-0.3, -0.25) is 13.9 Å². The van der Waals surface area contributed by atoms with E-state index in [-0.39, 0.29) is 36.7 Å². The molecule has 0 radical (unpaired) electrons. The van der Waals surface area contributed by atoms with Crippen molar-refractivity contribution >= 4 is 27.5 Å². The Hall–Kier alpha value is -3.47. The SMILES string of the molecule is CC[C@@H](C(=O)NC(C)C)N(Cc1cccc(OC)c1)C(=O)CN(c1ccc2c(c1)OCO2)S(=O)(=O)CC. The van der Waals surface area contributed by atoms with Crippen molar-refractivity contribution in [2.24, 2.45) is 0 Å². The van der Waals surface area contributed by atoms with Gasteiger partial charge in [0.2, 0.25) is 28.6 Å². The van der Waals surface area contributed by atoms with Gasteiger partial charge in [0.15, 0.2) is 11.5 Å². The maximum atomic E-state index is 13.8. The third-order valence-corrected chi connectivity index (χ3v) is 7.67. The highest BCUT2D eigenvalue weighted by molar-refractivity contribution is 7.92. The van der Waals surface area contributed by atoms with Crippen LogP contribution in [0.2, 0.25) is 0 Å². The van der Waals surface area contributed by atoms with Crippen LogP contribution < -0.4 is 23.8 Å². The van der Waals surface area contributed by atoms with Crippen molar-refractivity contribution in [3.63, 3.8) is 0 Å². The first-order valence-electron chi connectivity index (χ1n) is 12.2. The number of hydrogen-bond donors (Lipinski definition) is 1. The van der Waals surface area contributed by atoms with Crippen LogP contribution in [0, 0.1) is 0 Å². The van der Waals surface area contributed by atoms with E-state index in [1.54, 1.807) is 37.4 Å². The van der Waals surface area contributed by atoms with Crippen LogP contribution in [-0.2, 0) is 26.2 Å². The Labute approximate surface area is 218 Å². The number of anilines is 1. The minimum absolute atomic E-state index is 0.0374. The molecule has 3 rings (SSSR count). The van der Waals surface area contributed by atoms with Crippen molar-refractivity contribution in [1.82, 2.24) is 10.2 Å². The zero-order valence-electron chi connectivity index (χ0n) is 21.9. The first kappa shape index (κ1) is 28.1. The molecule has 1 aliphatic rings. The van der Waals surface area contributed by atoms with Crippen molar-refractivity contribution in [3.8, 4) is 17.2 Å². The van der Waals surface area contributed by atoms with E-state index in [9.17, 15) is 18.0 Å². The molecule has 1 aliphatic heterocycles. The summed E-state index contributed by atoms with van der Waals surface area (Å²) in [5, 5.41) is 2.87. The van der Waals surface area contributed by atoms with Crippen molar-refractivity contribution < 1.29 is 32.2 Å². The number of carbonyl (C=O) groups is 2. The molecule has 2 amide bonds. The lowest BCUT2D eigenvalue weighted by Gasteiger charge is -2.33. The molecule has 1 N–H and O–H groups in total. The fourth-order valence-corrected chi connectivity index (χ4v) is 5.08. The Balaban J connectivity index is 1.98. The second-order valence-electron chi connectivity index (χ2n) is 8.91. The lowest BCUT2D eigenvalue weighted by atomic mass is 10.1. The van der Waals surface area contributed by atoms with E-state index in [0.29, 0.717) is 23.7 Å². The first-order chi connectivity index (χ1) is 17.6. The van der Waals surface area contributed by atoms with Crippen molar-refractivity contribution in [1.29, 1.82) is 0 Å². The number of nitrogens with zero attached hydrogens (tertiary/aromatic N) is 2. The molecule has 1 heterocycles. The molecule has 0 spiro atoms. The molecule has 0 fully saturated rings. The molecule has 0 bridgehead atoms. The van der Waals surface area contributed by atoms with Crippen LogP contribution in [0.5, 0.6) is 17.2 Å². The fraction of sp³-hybridized carbons (Fsp3) is 0.462. The number of amides is 2. The number of methoxy groups -OCH3 is 1. The number of rotatable bonds is 12. The van der Waals surface area contributed by atoms with E-state index in [2.05, 4.69) is 5.32 Å². The summed E-state index contributed by atoms with van der Waals surface area (Å²) in [6.07, 6.45) is 0.346. The Morgan fingerprint density at radius 3 is 2.46 bits per heavy atom. The monoisotopic (exact) mass is 533 g/mol. The molecule has 0 saturated heterocycles. The van der Waals surface area contributed by atoms with Crippen LogP contribution in [0.1, 0.15) is 39.7 Å². The summed E-state index contributed by atoms with van der Waals surface area (Å²) < 4.78 is 43.3. The predicted octanol–water partition coefficient (Wildman–Crippen LogP) is 2.91. The molecule has 10 nitrogen and oxygen atoms in total. The van der Waals surface area contributed by atoms with Crippen LogP contribution >= 0.6 is 0 Å². The summed E-state index contributed by atoms with van der Waals surface area (Å²) in [6, 6.07) is 11.0. The van der Waals surface area contributed by atoms with Gasteiger partial charge in [0.05, 0.1) is 18.6 Å². The number of fused-ring (bicyclic) bond motifs is 1. The fourth-order valence-electron chi connectivity index (χ4n) is 4.03. The summed E-state index contributed by atoms with van der Waals surface area (Å²) in [4.78, 5) is 28.3. The van der Waals surface area contributed by atoms with Crippen molar-refractivity contribution in [3.05, 3.63) is 48.0 Å². The van der Waals surface area contributed by atoms with Crippen molar-refractivity contribution in [2.45, 2.75) is 52.7 Å². The number of carbonyl (C=O) groups excluding carboxylic acids is 2. The van der Waals surface area contributed by atoms with E-state index >= 15 is 0 Å². The van der Waals surface area contributed by atoms with Gasteiger partial charge in [0, 0.05) is 18.7 Å². The molecule has 0 aliphatic carbocycles. The summed E-state index contributed by atoms with van der Waals surface area (Å²) in [5.41, 5.74) is 1.02. The number of benzene rings is 2. The van der Waals surface area contributed by atoms with Crippen LogP contribution in [0.3, 0.4) is 0 Å². The Bertz CT molecular complexity index is 1220. The molecule has 37 heavy (non-hydrogen) atoms. The van der Waals surface area contributed by atoms with Gasteiger partial charge < -0.3 is 24.4 Å². The van der Waals surface area contributed by atoms with Gasteiger partial charge in [0.25, 0.3) is 0 Å². The Morgan fingerprint density at radius 1 is 1.08 bits per heavy atom. The average Bonchev–Trinajstić information content (AvgIpc) is 3.34. The predicted molar refractivity (Wildman–Crippen MR) is 140 cm³/mol. The van der Waals surface area contributed by atoms with Crippen LogP contribution in [0.25, 0.3) is 0 Å². The van der Waals surface area contributed by atoms with E-state index in [1.807, 2.05) is 26.8 Å². The smallest absolute Gasteiger partial charge is 0.244 e. The third kappa shape index (κ3) is 6.85. The molecule has 0 saturated carbocycles. The lowest BCUT2D eigenvalue weighted by molar-refractivity contribution is -0.140. The van der Waals surface area contributed by atoms with Crippen LogP contribution in [0.4, 0.5) is 5.69 Å². The number of nitrogens with one attached hydrogen (secondary N) is 1. The maximum Gasteiger partial charge on any atom is 0.244 e. The van der Waals surface area contributed by atoms with Gasteiger partial charge >= 0.3 is 0 Å². The molecule has 0 aromatic heterocycles. The van der Waals surface area contributed by atoms with Gasteiger partial charge in [-0.1, -0.05) is 19.1 Å². The second kappa shape index (κ2) is 12.2. The minimum atomic E-state index is -3.85. The van der Waals surface area contributed by atoms with Crippen molar-refractivity contribution in [2.75, 3.05) is 30.5 Å². The largest absolute Gasteiger partial charge is 0.497 e. The second-order valence-corrected chi connectivity index (χ2v) is 11.1. The van der Waals surface area contributed by atoms with Crippen LogP contribution in [0.15, 0.2) is 42.5 Å². The Kier molecular flexibility index (Phi) is 9.25. The molecular formula is C26H35N3O7S. The molecule has 2 aromatic rings. The first-order valence-corrected chi connectivity index (χ1v) is 13.8. The highest BCUT2D eigenvalue weighted by Gasteiger charge is 2.33. The van der Waals surface area contributed by atoms with Gasteiger partial charge in [-0.15, -0.1) is 0 Å². The highest BCUT2D eigenvalue weighted by atomic mass is 32.2. The molecule has 2 aromatic carbocycles. The average molecular weight is 534 g/mol. The summed E-state index contributed by atoms with van der Waals surface area (Å²) in [5.74, 6) is 0.484. The van der Waals surface area contributed by atoms with Crippen LogP contribution in [-0.4, -0.2) is 63.4 Å². The number of hydrogen-bond acceptors (Lipinski definition) is 7.